The molecule has 2 fully saturated rings. The van der Waals surface area contributed by atoms with E-state index in [0.717, 1.165) is 12.0 Å². The van der Waals surface area contributed by atoms with Crippen LogP contribution >= 0.6 is 0 Å². The minimum absolute atomic E-state index is 0.815. The van der Waals surface area contributed by atoms with Crippen LogP contribution in [0.15, 0.2) is 0 Å². The van der Waals surface area contributed by atoms with Gasteiger partial charge in [0.2, 0.25) is 0 Å². The lowest BCUT2D eigenvalue weighted by molar-refractivity contribution is 0.249. The number of hydrogen-bond acceptors (Lipinski definition) is 2. The predicted molar refractivity (Wildman–Crippen MR) is 78.9 cm³/mol. The van der Waals surface area contributed by atoms with E-state index in [1.807, 2.05) is 0 Å². The van der Waals surface area contributed by atoms with Crippen molar-refractivity contribution in [3.63, 3.8) is 0 Å². The maximum absolute atomic E-state index is 3.81. The Morgan fingerprint density at radius 1 is 1.00 bits per heavy atom. The normalized spacial score (nSPS) is 31.2. The topological polar surface area (TPSA) is 15.3 Å². The van der Waals surface area contributed by atoms with Gasteiger partial charge in [-0.2, -0.15) is 0 Å². The molecule has 0 bridgehead atoms. The minimum Gasteiger partial charge on any atom is -0.313 e. The van der Waals surface area contributed by atoms with Gasteiger partial charge in [0.1, 0.15) is 0 Å². The van der Waals surface area contributed by atoms with Crippen LogP contribution in [0.1, 0.15) is 64.7 Å². The molecule has 1 aliphatic carbocycles. The molecular weight excluding hydrogens is 220 g/mol. The van der Waals surface area contributed by atoms with Gasteiger partial charge in [-0.25, -0.2) is 0 Å². The molecule has 2 nitrogen and oxygen atoms in total. The van der Waals surface area contributed by atoms with Crippen LogP contribution < -0.4 is 5.32 Å². The standard InChI is InChI=1S/C16H32N2/c1-2-15-8-7-9-16(14-15)17-10-13-18-11-5-3-4-6-12-18/h15-17H,2-14H2,1H3. The first-order valence-electron chi connectivity index (χ1n) is 8.34. The van der Waals surface area contributed by atoms with Crippen molar-refractivity contribution in [1.29, 1.82) is 0 Å². The summed E-state index contributed by atoms with van der Waals surface area (Å²) in [6.45, 7) is 7.51. The molecule has 0 spiro atoms. The molecule has 1 heterocycles. The van der Waals surface area contributed by atoms with E-state index in [2.05, 4.69) is 17.1 Å². The Morgan fingerprint density at radius 3 is 2.50 bits per heavy atom. The van der Waals surface area contributed by atoms with Crippen molar-refractivity contribution in [3.05, 3.63) is 0 Å². The zero-order chi connectivity index (χ0) is 12.6. The molecule has 2 rings (SSSR count). The highest BCUT2D eigenvalue weighted by atomic mass is 15.1. The molecular formula is C16H32N2. The summed E-state index contributed by atoms with van der Waals surface area (Å²) in [6, 6.07) is 0.815. The number of likely N-dealkylation sites (tertiary alicyclic amines) is 1. The van der Waals surface area contributed by atoms with Crippen LogP contribution in [0.3, 0.4) is 0 Å². The molecule has 0 amide bonds. The van der Waals surface area contributed by atoms with E-state index in [1.165, 1.54) is 84.0 Å². The van der Waals surface area contributed by atoms with Crippen molar-refractivity contribution in [2.75, 3.05) is 26.2 Å². The first kappa shape index (κ1) is 14.3. The molecule has 2 aliphatic rings. The number of nitrogens with zero attached hydrogens (tertiary/aromatic N) is 1. The lowest BCUT2D eigenvalue weighted by Gasteiger charge is -2.30. The third-order valence-corrected chi connectivity index (χ3v) is 4.92. The highest BCUT2D eigenvalue weighted by Gasteiger charge is 2.20. The summed E-state index contributed by atoms with van der Waals surface area (Å²) in [5.41, 5.74) is 0. The molecule has 1 N–H and O–H groups in total. The molecule has 2 heteroatoms. The highest BCUT2D eigenvalue weighted by molar-refractivity contribution is 4.77. The van der Waals surface area contributed by atoms with Gasteiger partial charge in [-0.15, -0.1) is 0 Å². The SMILES string of the molecule is CCC1CCCC(NCCN2CCCCCC2)C1. The van der Waals surface area contributed by atoms with E-state index in [9.17, 15) is 0 Å². The summed E-state index contributed by atoms with van der Waals surface area (Å²) in [5.74, 6) is 0.995. The molecule has 2 atom stereocenters. The fourth-order valence-electron chi connectivity index (χ4n) is 3.63. The third kappa shape index (κ3) is 4.89. The summed E-state index contributed by atoms with van der Waals surface area (Å²) in [4.78, 5) is 2.67. The van der Waals surface area contributed by atoms with Crippen LogP contribution in [-0.2, 0) is 0 Å². The Bertz CT molecular complexity index is 209. The summed E-state index contributed by atoms with van der Waals surface area (Å²) in [6.07, 6.45) is 12.9. The smallest absolute Gasteiger partial charge is 0.0107 e. The average molecular weight is 252 g/mol. The fourth-order valence-corrected chi connectivity index (χ4v) is 3.63. The minimum atomic E-state index is 0.815. The zero-order valence-corrected chi connectivity index (χ0v) is 12.3. The largest absolute Gasteiger partial charge is 0.313 e. The van der Waals surface area contributed by atoms with Crippen molar-refractivity contribution in [1.82, 2.24) is 10.2 Å². The number of nitrogens with one attached hydrogen (secondary N) is 1. The van der Waals surface area contributed by atoms with Crippen LogP contribution in [0.5, 0.6) is 0 Å². The second kappa shape index (κ2) is 8.16. The van der Waals surface area contributed by atoms with Crippen molar-refractivity contribution < 1.29 is 0 Å². The zero-order valence-electron chi connectivity index (χ0n) is 12.3. The maximum atomic E-state index is 3.81. The van der Waals surface area contributed by atoms with Crippen molar-refractivity contribution in [2.24, 2.45) is 5.92 Å². The Hall–Kier alpha value is -0.0800. The first-order chi connectivity index (χ1) is 8.88. The quantitative estimate of drug-likeness (QED) is 0.806. The van der Waals surface area contributed by atoms with E-state index in [0.29, 0.717) is 0 Å². The van der Waals surface area contributed by atoms with Gasteiger partial charge >= 0.3 is 0 Å². The summed E-state index contributed by atoms with van der Waals surface area (Å²) >= 11 is 0. The molecule has 0 aromatic carbocycles. The average Bonchev–Trinajstić information content (AvgIpc) is 2.68. The van der Waals surface area contributed by atoms with Gasteiger partial charge in [0, 0.05) is 19.1 Å². The summed E-state index contributed by atoms with van der Waals surface area (Å²) < 4.78 is 0. The molecule has 1 aliphatic heterocycles. The van der Waals surface area contributed by atoms with Gasteiger partial charge in [0.15, 0.2) is 0 Å². The van der Waals surface area contributed by atoms with Crippen LogP contribution in [0.2, 0.25) is 0 Å². The van der Waals surface area contributed by atoms with Crippen LogP contribution in [0.25, 0.3) is 0 Å². The molecule has 0 radical (unpaired) electrons. The predicted octanol–water partition coefficient (Wildman–Crippen LogP) is 3.42. The van der Waals surface area contributed by atoms with E-state index in [1.54, 1.807) is 0 Å². The summed E-state index contributed by atoms with van der Waals surface area (Å²) in [5, 5.41) is 3.81. The maximum Gasteiger partial charge on any atom is 0.0107 e. The second-order valence-electron chi connectivity index (χ2n) is 6.35. The molecule has 0 aromatic heterocycles. The van der Waals surface area contributed by atoms with Gasteiger partial charge in [-0.05, 0) is 44.7 Å². The van der Waals surface area contributed by atoms with Gasteiger partial charge < -0.3 is 10.2 Å². The Kier molecular flexibility index (Phi) is 6.50. The van der Waals surface area contributed by atoms with E-state index in [4.69, 9.17) is 0 Å². The van der Waals surface area contributed by atoms with E-state index < -0.39 is 0 Å². The Labute approximate surface area is 114 Å². The molecule has 18 heavy (non-hydrogen) atoms. The van der Waals surface area contributed by atoms with Crippen LogP contribution in [0.4, 0.5) is 0 Å². The molecule has 2 unspecified atom stereocenters. The summed E-state index contributed by atoms with van der Waals surface area (Å²) in [7, 11) is 0. The third-order valence-electron chi connectivity index (χ3n) is 4.92. The van der Waals surface area contributed by atoms with Gasteiger partial charge in [-0.1, -0.05) is 39.0 Å². The van der Waals surface area contributed by atoms with E-state index >= 15 is 0 Å². The number of rotatable bonds is 5. The molecule has 106 valence electrons. The lowest BCUT2D eigenvalue weighted by atomic mass is 9.84. The van der Waals surface area contributed by atoms with Crippen molar-refractivity contribution in [3.8, 4) is 0 Å². The van der Waals surface area contributed by atoms with Gasteiger partial charge in [0.05, 0.1) is 0 Å². The van der Waals surface area contributed by atoms with Crippen molar-refractivity contribution >= 4 is 0 Å². The molecule has 0 aromatic rings. The molecule has 1 saturated carbocycles. The van der Waals surface area contributed by atoms with Crippen LogP contribution in [-0.4, -0.2) is 37.1 Å². The monoisotopic (exact) mass is 252 g/mol. The second-order valence-corrected chi connectivity index (χ2v) is 6.35. The Morgan fingerprint density at radius 2 is 1.78 bits per heavy atom. The van der Waals surface area contributed by atoms with Crippen molar-refractivity contribution in [2.45, 2.75) is 70.8 Å². The van der Waals surface area contributed by atoms with Gasteiger partial charge in [-0.3, -0.25) is 0 Å². The number of hydrogen-bond donors (Lipinski definition) is 1. The molecule has 1 saturated heterocycles. The van der Waals surface area contributed by atoms with E-state index in [-0.39, 0.29) is 0 Å². The Balaban J connectivity index is 1.59. The van der Waals surface area contributed by atoms with Crippen LogP contribution in [0, 0.1) is 5.92 Å². The fraction of sp³-hybridized carbons (Fsp3) is 1.00. The van der Waals surface area contributed by atoms with Gasteiger partial charge in [0.25, 0.3) is 0 Å². The lowest BCUT2D eigenvalue weighted by Crippen LogP contribution is -2.39. The highest BCUT2D eigenvalue weighted by Crippen LogP contribution is 2.26. The first-order valence-corrected chi connectivity index (χ1v) is 8.34.